The lowest BCUT2D eigenvalue weighted by molar-refractivity contribution is 0.916. The Balaban J connectivity index is 1.22. The molecule has 10 rings (SSSR count). The van der Waals surface area contributed by atoms with Gasteiger partial charge in [0, 0.05) is 64.5 Å². The molecule has 2 aliphatic heterocycles. The molecule has 4 aliphatic rings. The first-order valence-corrected chi connectivity index (χ1v) is 17.3. The molecule has 49 heavy (non-hydrogen) atoms. The molecule has 6 aromatic rings. The van der Waals surface area contributed by atoms with Crippen LogP contribution < -0.4 is 9.80 Å². The van der Waals surface area contributed by atoms with Crippen LogP contribution in [0.2, 0.25) is 0 Å². The van der Waals surface area contributed by atoms with E-state index < -0.39 is 0 Å². The maximum absolute atomic E-state index is 2.53. The fourth-order valence-corrected chi connectivity index (χ4v) is 8.31. The van der Waals surface area contributed by atoms with Crippen LogP contribution in [-0.4, -0.2) is 4.57 Å². The van der Waals surface area contributed by atoms with Crippen molar-refractivity contribution in [2.45, 2.75) is 25.8 Å². The van der Waals surface area contributed by atoms with E-state index in [2.05, 4.69) is 178 Å². The van der Waals surface area contributed by atoms with Gasteiger partial charge in [0.1, 0.15) is 0 Å². The molecule has 5 aromatic carbocycles. The second kappa shape index (κ2) is 11.3. The van der Waals surface area contributed by atoms with Gasteiger partial charge in [0.2, 0.25) is 0 Å². The Morgan fingerprint density at radius 2 is 1.20 bits per heavy atom. The van der Waals surface area contributed by atoms with Gasteiger partial charge in [0.15, 0.2) is 0 Å². The summed E-state index contributed by atoms with van der Waals surface area (Å²) in [7, 11) is 0. The molecule has 0 radical (unpaired) electrons. The van der Waals surface area contributed by atoms with Crippen molar-refractivity contribution in [1.29, 1.82) is 0 Å². The predicted octanol–water partition coefficient (Wildman–Crippen LogP) is 11.2. The van der Waals surface area contributed by atoms with Gasteiger partial charge in [-0.05, 0) is 76.7 Å². The lowest BCUT2D eigenvalue weighted by Crippen LogP contribution is -2.27. The third-order valence-electron chi connectivity index (χ3n) is 10.5. The maximum Gasteiger partial charge on any atom is 0.0534 e. The van der Waals surface area contributed by atoms with Crippen molar-refractivity contribution < 1.29 is 0 Å². The summed E-state index contributed by atoms with van der Waals surface area (Å²) < 4.78 is 2.52. The molecule has 0 fully saturated rings. The monoisotopic (exact) mass is 629 g/mol. The van der Waals surface area contributed by atoms with Crippen LogP contribution >= 0.6 is 0 Å². The zero-order valence-corrected chi connectivity index (χ0v) is 27.3. The lowest BCUT2D eigenvalue weighted by Gasteiger charge is -2.36. The zero-order chi connectivity index (χ0) is 32.3. The van der Waals surface area contributed by atoms with Crippen LogP contribution in [0.3, 0.4) is 0 Å². The van der Waals surface area contributed by atoms with Gasteiger partial charge in [-0.1, -0.05) is 121 Å². The maximum atomic E-state index is 2.53. The Morgan fingerprint density at radius 3 is 2.02 bits per heavy atom. The van der Waals surface area contributed by atoms with Crippen LogP contribution in [0.15, 0.2) is 169 Å². The Labute approximate surface area is 287 Å². The molecule has 3 heterocycles. The second-order valence-corrected chi connectivity index (χ2v) is 13.3. The van der Waals surface area contributed by atoms with Crippen molar-refractivity contribution in [3.05, 3.63) is 197 Å². The third-order valence-corrected chi connectivity index (χ3v) is 10.5. The van der Waals surface area contributed by atoms with Crippen molar-refractivity contribution in [3.63, 3.8) is 0 Å². The number of fused-ring (bicyclic) bond motifs is 8. The number of aromatic nitrogens is 1. The highest BCUT2D eigenvalue weighted by molar-refractivity contribution is 5.93. The minimum Gasteiger partial charge on any atom is -0.336 e. The van der Waals surface area contributed by atoms with E-state index in [1.54, 1.807) is 0 Å². The first-order chi connectivity index (χ1) is 24.3. The summed E-state index contributed by atoms with van der Waals surface area (Å²) in [6.07, 6.45) is 18.9. The van der Waals surface area contributed by atoms with E-state index >= 15 is 0 Å². The zero-order valence-electron chi connectivity index (χ0n) is 27.3. The van der Waals surface area contributed by atoms with Crippen molar-refractivity contribution in [3.8, 4) is 11.1 Å². The van der Waals surface area contributed by atoms with E-state index in [4.69, 9.17) is 0 Å². The van der Waals surface area contributed by atoms with E-state index in [1.165, 1.54) is 84.1 Å². The second-order valence-electron chi connectivity index (χ2n) is 13.3. The fourth-order valence-electron chi connectivity index (χ4n) is 8.31. The first-order valence-electron chi connectivity index (χ1n) is 17.3. The summed E-state index contributed by atoms with van der Waals surface area (Å²) in [6.45, 7) is 0.803. The number of hydrogen-bond acceptors (Lipinski definition) is 2. The SMILES string of the molecule is C1=CCc2c(n(C3=CC(N4Cc5ccccc5-c5ccccc54)=CC(N4c5ccccc5Cc5ccccc54)=CC3)c3ccccc23)C=C1. The smallest absolute Gasteiger partial charge is 0.0534 e. The molecule has 0 saturated carbocycles. The summed E-state index contributed by atoms with van der Waals surface area (Å²) in [5, 5.41) is 1.32. The molecule has 1 aromatic heterocycles. The van der Waals surface area contributed by atoms with E-state index in [9.17, 15) is 0 Å². The highest BCUT2D eigenvalue weighted by Crippen LogP contribution is 2.46. The molecular weight excluding hydrogens is 595 g/mol. The van der Waals surface area contributed by atoms with E-state index in [1.807, 2.05) is 0 Å². The molecule has 3 heteroatoms. The van der Waals surface area contributed by atoms with Gasteiger partial charge in [-0.3, -0.25) is 0 Å². The standard InChI is InChI=1S/C46H35N3/c1-2-18-40-41-20-9-13-25-46(41)49(45(40)24-3-1)36-27-26-35(48-42-21-10-5-14-32(42)28-33-15-6-11-22-43(33)48)29-37(30-36)47-31-34-16-4-7-17-38(34)39-19-8-12-23-44(39)47/h1-17,19-26,29-30H,18,27-28,31H2. The van der Waals surface area contributed by atoms with Gasteiger partial charge in [0.05, 0.1) is 11.2 Å². The van der Waals surface area contributed by atoms with Crippen molar-refractivity contribution in [2.75, 3.05) is 9.80 Å². The quantitative estimate of drug-likeness (QED) is 0.193. The Morgan fingerprint density at radius 1 is 0.531 bits per heavy atom. The molecule has 0 bridgehead atoms. The molecule has 234 valence electrons. The Bertz CT molecular complexity index is 2420. The molecule has 0 amide bonds. The van der Waals surface area contributed by atoms with Crippen LogP contribution in [-0.2, 0) is 19.4 Å². The van der Waals surface area contributed by atoms with Gasteiger partial charge in [0.25, 0.3) is 0 Å². The number of allylic oxidation sites excluding steroid dienone is 7. The number of benzene rings is 5. The van der Waals surface area contributed by atoms with Gasteiger partial charge in [-0.15, -0.1) is 0 Å². The fraction of sp³-hybridized carbons (Fsp3) is 0.0870. The summed E-state index contributed by atoms with van der Waals surface area (Å²) in [4.78, 5) is 5.02. The van der Waals surface area contributed by atoms with Crippen molar-refractivity contribution >= 4 is 39.7 Å². The van der Waals surface area contributed by atoms with Crippen LogP contribution in [0, 0.1) is 0 Å². The molecule has 0 atom stereocenters. The topological polar surface area (TPSA) is 11.4 Å². The minimum atomic E-state index is 0.786. The average Bonchev–Trinajstić information content (AvgIpc) is 3.32. The number of rotatable bonds is 3. The van der Waals surface area contributed by atoms with Crippen LogP contribution in [0.5, 0.6) is 0 Å². The largest absolute Gasteiger partial charge is 0.336 e. The van der Waals surface area contributed by atoms with Gasteiger partial charge >= 0.3 is 0 Å². The van der Waals surface area contributed by atoms with Crippen molar-refractivity contribution in [1.82, 2.24) is 4.57 Å². The van der Waals surface area contributed by atoms with Gasteiger partial charge < -0.3 is 14.4 Å². The Hall–Kier alpha value is -6.06. The normalized spacial score (nSPS) is 16.0. The minimum absolute atomic E-state index is 0.786. The first kappa shape index (κ1) is 28.0. The predicted molar refractivity (Wildman–Crippen MR) is 205 cm³/mol. The van der Waals surface area contributed by atoms with E-state index in [0.29, 0.717) is 0 Å². The third kappa shape index (κ3) is 4.50. The number of hydrogen-bond donors (Lipinski definition) is 0. The number of nitrogens with zero attached hydrogens (tertiary/aromatic N) is 3. The Kier molecular flexibility index (Phi) is 6.45. The highest BCUT2D eigenvalue weighted by Gasteiger charge is 2.29. The van der Waals surface area contributed by atoms with Crippen LogP contribution in [0.1, 0.15) is 34.4 Å². The van der Waals surface area contributed by atoms with Crippen LogP contribution in [0.4, 0.5) is 17.1 Å². The van der Waals surface area contributed by atoms with Gasteiger partial charge in [-0.2, -0.15) is 0 Å². The van der Waals surface area contributed by atoms with Gasteiger partial charge in [-0.25, -0.2) is 0 Å². The number of para-hydroxylation sites is 4. The van der Waals surface area contributed by atoms with E-state index in [0.717, 1.165) is 25.8 Å². The molecule has 2 aliphatic carbocycles. The molecule has 0 spiro atoms. The average molecular weight is 630 g/mol. The lowest BCUT2D eigenvalue weighted by atomic mass is 9.93. The molecule has 3 nitrogen and oxygen atoms in total. The summed E-state index contributed by atoms with van der Waals surface area (Å²) in [5.41, 5.74) is 17.9. The van der Waals surface area contributed by atoms with Crippen molar-refractivity contribution in [2.24, 2.45) is 0 Å². The van der Waals surface area contributed by atoms with Crippen LogP contribution in [0.25, 0.3) is 33.8 Å². The summed E-state index contributed by atoms with van der Waals surface area (Å²) in [6, 6.07) is 44.5. The van der Waals surface area contributed by atoms with E-state index in [-0.39, 0.29) is 0 Å². The summed E-state index contributed by atoms with van der Waals surface area (Å²) >= 11 is 0. The highest BCUT2D eigenvalue weighted by atomic mass is 15.2. The molecule has 0 unspecified atom stereocenters. The molecular formula is C46H35N3. The molecule has 0 saturated heterocycles. The summed E-state index contributed by atoms with van der Waals surface area (Å²) in [5.74, 6) is 0. The number of anilines is 3. The molecule has 0 N–H and O–H groups in total.